The molecule has 4 atom stereocenters. The molecule has 1 aliphatic rings. The van der Waals surface area contributed by atoms with Gasteiger partial charge in [0.05, 0.1) is 6.10 Å². The van der Waals surface area contributed by atoms with Crippen molar-refractivity contribution in [1.82, 2.24) is 4.90 Å². The highest BCUT2D eigenvalue weighted by Crippen LogP contribution is 2.51. The van der Waals surface area contributed by atoms with E-state index in [1.807, 2.05) is 14.1 Å². The first-order chi connectivity index (χ1) is 7.29. The zero-order valence-corrected chi connectivity index (χ0v) is 12.8. The molecule has 0 aromatic heterocycles. The van der Waals surface area contributed by atoms with E-state index < -0.39 is 5.69 Å². The van der Waals surface area contributed by atoms with Crippen LogP contribution < -0.4 is 0 Å². The Kier molecular flexibility index (Phi) is 5.76. The van der Waals surface area contributed by atoms with Crippen molar-refractivity contribution in [3.63, 3.8) is 0 Å². The minimum atomic E-state index is -2.86. The zero-order chi connectivity index (χ0) is 12.3. The van der Waals surface area contributed by atoms with E-state index >= 15 is 0 Å². The molecular formula is C10H22NO2PS2. The zero-order valence-electron chi connectivity index (χ0n) is 10.2. The van der Waals surface area contributed by atoms with E-state index in [1.165, 1.54) is 19.3 Å². The molecule has 0 heterocycles. The SMILES string of the molecule is C[C@H]1CCC[C@H]1C(CN(C)C)OP(O)(=S)S. The van der Waals surface area contributed by atoms with Crippen LogP contribution in [0.15, 0.2) is 0 Å². The second-order valence-electron chi connectivity index (χ2n) is 4.97. The number of rotatable bonds is 5. The van der Waals surface area contributed by atoms with Gasteiger partial charge in [-0.2, -0.15) is 0 Å². The third-order valence-corrected chi connectivity index (χ3v) is 4.31. The van der Waals surface area contributed by atoms with Gasteiger partial charge in [-0.1, -0.05) is 32.0 Å². The summed E-state index contributed by atoms with van der Waals surface area (Å²) in [5.41, 5.74) is -2.86. The van der Waals surface area contributed by atoms with Crippen LogP contribution in [-0.4, -0.2) is 36.5 Å². The quantitative estimate of drug-likeness (QED) is 0.600. The van der Waals surface area contributed by atoms with Crippen molar-refractivity contribution in [2.45, 2.75) is 32.3 Å². The van der Waals surface area contributed by atoms with Crippen LogP contribution in [0.25, 0.3) is 0 Å². The van der Waals surface area contributed by atoms with Crippen LogP contribution in [0.4, 0.5) is 0 Å². The lowest BCUT2D eigenvalue weighted by Crippen LogP contribution is -2.35. The molecule has 96 valence electrons. The van der Waals surface area contributed by atoms with E-state index in [0.717, 1.165) is 6.54 Å². The second-order valence-corrected chi connectivity index (χ2v) is 10.1. The molecule has 1 fully saturated rings. The van der Waals surface area contributed by atoms with Crippen molar-refractivity contribution in [1.29, 1.82) is 0 Å². The highest BCUT2D eigenvalue weighted by molar-refractivity contribution is 8.59. The second kappa shape index (κ2) is 6.17. The molecule has 0 radical (unpaired) electrons. The van der Waals surface area contributed by atoms with Crippen LogP contribution in [0.2, 0.25) is 0 Å². The summed E-state index contributed by atoms with van der Waals surface area (Å²) < 4.78 is 5.61. The molecule has 6 heteroatoms. The smallest absolute Gasteiger partial charge is 0.241 e. The van der Waals surface area contributed by atoms with E-state index in [1.54, 1.807) is 0 Å². The lowest BCUT2D eigenvalue weighted by atomic mass is 9.92. The number of thiol groups is 1. The molecule has 0 saturated heterocycles. The van der Waals surface area contributed by atoms with Crippen LogP contribution in [0, 0.1) is 11.8 Å². The molecule has 0 amide bonds. The highest BCUT2D eigenvalue weighted by atomic mass is 32.9. The number of nitrogens with zero attached hydrogens (tertiary/aromatic N) is 1. The predicted octanol–water partition coefficient (Wildman–Crippen LogP) is 2.52. The molecule has 3 nitrogen and oxygen atoms in total. The molecule has 1 N–H and O–H groups in total. The Hall–Kier alpha value is 0.880. The lowest BCUT2D eigenvalue weighted by Gasteiger charge is -2.30. The Balaban J connectivity index is 2.66. The molecule has 16 heavy (non-hydrogen) atoms. The maximum atomic E-state index is 9.60. The summed E-state index contributed by atoms with van der Waals surface area (Å²) in [6, 6.07) is 0. The number of hydrogen-bond acceptors (Lipinski definition) is 3. The molecule has 0 aromatic carbocycles. The predicted molar refractivity (Wildman–Crippen MR) is 75.4 cm³/mol. The van der Waals surface area contributed by atoms with Gasteiger partial charge < -0.3 is 14.3 Å². The molecule has 0 aliphatic heterocycles. The van der Waals surface area contributed by atoms with Crippen molar-refractivity contribution in [2.24, 2.45) is 11.8 Å². The van der Waals surface area contributed by atoms with E-state index in [2.05, 4.69) is 24.1 Å². The van der Waals surface area contributed by atoms with Crippen LogP contribution in [0.1, 0.15) is 26.2 Å². The van der Waals surface area contributed by atoms with E-state index in [4.69, 9.17) is 16.3 Å². The summed E-state index contributed by atoms with van der Waals surface area (Å²) >= 11 is 8.86. The summed E-state index contributed by atoms with van der Waals surface area (Å²) in [5, 5.41) is 0. The van der Waals surface area contributed by atoms with Crippen LogP contribution in [0.3, 0.4) is 0 Å². The summed E-state index contributed by atoms with van der Waals surface area (Å²) in [6.45, 7) is 3.05. The summed E-state index contributed by atoms with van der Waals surface area (Å²) in [7, 11) is 4.02. The monoisotopic (exact) mass is 283 g/mol. The Labute approximate surface area is 109 Å². The van der Waals surface area contributed by atoms with Gasteiger partial charge in [-0.05, 0) is 44.2 Å². The molecule has 0 spiro atoms. The summed E-state index contributed by atoms with van der Waals surface area (Å²) in [4.78, 5) is 11.7. The third-order valence-electron chi connectivity index (χ3n) is 3.22. The summed E-state index contributed by atoms with van der Waals surface area (Å²) in [6.07, 6.45) is 3.68. The normalized spacial score (nSPS) is 31.6. The average molecular weight is 283 g/mol. The van der Waals surface area contributed by atoms with Gasteiger partial charge in [0.2, 0.25) is 5.69 Å². The van der Waals surface area contributed by atoms with Crippen LogP contribution in [-0.2, 0) is 16.3 Å². The largest absolute Gasteiger partial charge is 0.338 e. The van der Waals surface area contributed by atoms with Crippen LogP contribution >= 0.6 is 17.9 Å². The molecule has 0 aromatic rings. The highest BCUT2D eigenvalue weighted by Gasteiger charge is 2.33. The Morgan fingerprint density at radius 3 is 2.56 bits per heavy atom. The molecular weight excluding hydrogens is 261 g/mol. The molecule has 0 bridgehead atoms. The third kappa shape index (κ3) is 5.03. The molecule has 1 rings (SSSR count). The average Bonchev–Trinajstić information content (AvgIpc) is 2.46. The standard InChI is InChI=1S/C10H22NO2PS2/c1-8-5-4-6-9(8)10(7-11(2)3)13-14(12,15)16/h8-10H,4-7H2,1-3H3,(H2,12,15,16)/t8-,9+,10?/m0/s1. The topological polar surface area (TPSA) is 32.7 Å². The minimum absolute atomic E-state index is 0.0147. The van der Waals surface area contributed by atoms with Gasteiger partial charge in [-0.15, -0.1) is 0 Å². The Morgan fingerprint density at radius 2 is 2.19 bits per heavy atom. The minimum Gasteiger partial charge on any atom is -0.338 e. The van der Waals surface area contributed by atoms with Crippen molar-refractivity contribution in [3.8, 4) is 0 Å². The first-order valence-corrected chi connectivity index (χ1v) is 9.51. The summed E-state index contributed by atoms with van der Waals surface area (Å²) in [5.74, 6) is 1.16. The van der Waals surface area contributed by atoms with Crippen LogP contribution in [0.5, 0.6) is 0 Å². The number of likely N-dealkylation sites (N-methyl/N-ethyl adjacent to an activating group) is 1. The molecule has 2 unspecified atom stereocenters. The van der Waals surface area contributed by atoms with Gasteiger partial charge >= 0.3 is 0 Å². The fourth-order valence-corrected chi connectivity index (χ4v) is 3.78. The Morgan fingerprint density at radius 1 is 1.56 bits per heavy atom. The van der Waals surface area contributed by atoms with Gasteiger partial charge in [-0.3, -0.25) is 0 Å². The van der Waals surface area contributed by atoms with Gasteiger partial charge in [0, 0.05) is 6.54 Å². The fourth-order valence-electron chi connectivity index (χ4n) is 2.51. The Bertz CT molecular complexity index is 270. The lowest BCUT2D eigenvalue weighted by molar-refractivity contribution is 0.0912. The van der Waals surface area contributed by atoms with E-state index in [-0.39, 0.29) is 6.10 Å². The fraction of sp³-hybridized carbons (Fsp3) is 1.00. The van der Waals surface area contributed by atoms with E-state index in [9.17, 15) is 4.89 Å². The van der Waals surface area contributed by atoms with Crippen molar-refractivity contribution < 1.29 is 9.42 Å². The van der Waals surface area contributed by atoms with Crippen molar-refractivity contribution in [3.05, 3.63) is 0 Å². The maximum Gasteiger partial charge on any atom is 0.241 e. The van der Waals surface area contributed by atoms with Gasteiger partial charge in [-0.25, -0.2) is 0 Å². The van der Waals surface area contributed by atoms with Crippen molar-refractivity contribution in [2.75, 3.05) is 20.6 Å². The van der Waals surface area contributed by atoms with E-state index in [0.29, 0.717) is 11.8 Å². The molecule has 1 saturated carbocycles. The first kappa shape index (κ1) is 14.9. The molecule has 1 aliphatic carbocycles. The van der Waals surface area contributed by atoms with Gasteiger partial charge in [0.25, 0.3) is 0 Å². The van der Waals surface area contributed by atoms with Gasteiger partial charge in [0.1, 0.15) is 0 Å². The maximum absolute atomic E-state index is 9.60. The number of hydrogen-bond donors (Lipinski definition) is 2. The first-order valence-electron chi connectivity index (χ1n) is 5.68. The van der Waals surface area contributed by atoms with Gasteiger partial charge in [0.15, 0.2) is 0 Å². The van der Waals surface area contributed by atoms with Crippen molar-refractivity contribution >= 4 is 29.7 Å².